The molecule has 0 radical (unpaired) electrons. The van der Waals surface area contributed by atoms with Gasteiger partial charge in [-0.1, -0.05) is 6.07 Å². The number of rotatable bonds is 5. The molecule has 0 aliphatic heterocycles. The van der Waals surface area contributed by atoms with E-state index in [1.165, 1.54) is 4.88 Å². The second kappa shape index (κ2) is 6.53. The summed E-state index contributed by atoms with van der Waals surface area (Å²) in [5.74, 6) is 0.900. The molecule has 22 heavy (non-hydrogen) atoms. The molecule has 0 saturated heterocycles. The molecule has 0 saturated carbocycles. The highest BCUT2D eigenvalue weighted by atomic mass is 32.1. The fraction of sp³-hybridized carbons (Fsp3) is 0.188. The molecule has 0 bridgehead atoms. The van der Waals surface area contributed by atoms with Crippen LogP contribution >= 0.6 is 11.3 Å². The van der Waals surface area contributed by atoms with Crippen LogP contribution in [0.4, 0.5) is 0 Å². The largest absolute Gasteiger partial charge is 0.421 e. The number of benzene rings is 1. The maximum absolute atomic E-state index is 12.1. The number of hydrogen-bond acceptors (Lipinski definition) is 5. The zero-order valence-corrected chi connectivity index (χ0v) is 12.9. The number of carbonyl (C=O) groups excluding carboxylic acids is 1. The zero-order valence-electron chi connectivity index (χ0n) is 12.1. The number of hydrogen-bond donors (Lipinski definition) is 1. The van der Waals surface area contributed by atoms with Gasteiger partial charge >= 0.3 is 0 Å². The second-order valence-electron chi connectivity index (χ2n) is 4.79. The van der Waals surface area contributed by atoms with Gasteiger partial charge in [0.05, 0.1) is 0 Å². The lowest BCUT2D eigenvalue weighted by atomic mass is 10.1. The molecular weight excluding hydrogens is 298 g/mol. The Morgan fingerprint density at radius 1 is 1.23 bits per heavy atom. The number of thiophene rings is 1. The molecule has 0 unspecified atom stereocenters. The average molecular weight is 313 g/mol. The quantitative estimate of drug-likeness (QED) is 0.786. The third-order valence-electron chi connectivity index (χ3n) is 3.16. The number of carbonyl (C=O) groups is 1. The molecule has 2 aromatic heterocycles. The van der Waals surface area contributed by atoms with Gasteiger partial charge in [-0.15, -0.1) is 21.5 Å². The number of nitrogens with one attached hydrogen (secondary N) is 1. The normalized spacial score (nSPS) is 10.6. The lowest BCUT2D eigenvalue weighted by molar-refractivity contribution is 0.0954. The van der Waals surface area contributed by atoms with Crippen LogP contribution in [-0.2, 0) is 6.42 Å². The molecule has 112 valence electrons. The van der Waals surface area contributed by atoms with Gasteiger partial charge in [-0.3, -0.25) is 4.79 Å². The third kappa shape index (κ3) is 3.40. The lowest BCUT2D eigenvalue weighted by Crippen LogP contribution is -2.25. The highest BCUT2D eigenvalue weighted by molar-refractivity contribution is 7.09. The molecule has 5 nitrogen and oxygen atoms in total. The molecule has 1 N–H and O–H groups in total. The first-order chi connectivity index (χ1) is 10.7. The molecule has 2 heterocycles. The first-order valence-corrected chi connectivity index (χ1v) is 7.81. The van der Waals surface area contributed by atoms with Gasteiger partial charge in [-0.2, -0.15) is 0 Å². The van der Waals surface area contributed by atoms with Gasteiger partial charge in [0.2, 0.25) is 11.8 Å². The summed E-state index contributed by atoms with van der Waals surface area (Å²) in [4.78, 5) is 13.3. The first kappa shape index (κ1) is 14.5. The van der Waals surface area contributed by atoms with Crippen LogP contribution < -0.4 is 5.32 Å². The molecule has 0 spiro atoms. The van der Waals surface area contributed by atoms with E-state index in [4.69, 9.17) is 4.42 Å². The Morgan fingerprint density at radius 3 is 2.68 bits per heavy atom. The van der Waals surface area contributed by atoms with E-state index in [0.717, 1.165) is 12.0 Å². The van der Waals surface area contributed by atoms with Crippen molar-refractivity contribution >= 4 is 17.2 Å². The van der Waals surface area contributed by atoms with E-state index in [1.54, 1.807) is 42.5 Å². The van der Waals surface area contributed by atoms with Crippen molar-refractivity contribution < 1.29 is 9.21 Å². The molecular formula is C16H15N3O2S. The van der Waals surface area contributed by atoms with Crippen molar-refractivity contribution in [3.05, 3.63) is 58.1 Å². The van der Waals surface area contributed by atoms with Crippen molar-refractivity contribution in [1.82, 2.24) is 15.5 Å². The van der Waals surface area contributed by atoms with Crippen LogP contribution in [0.2, 0.25) is 0 Å². The first-order valence-electron chi connectivity index (χ1n) is 6.93. The SMILES string of the molecule is Cc1nnc(-c2ccc(C(=O)NCCc3cccs3)cc2)o1. The Kier molecular flexibility index (Phi) is 4.29. The van der Waals surface area contributed by atoms with Crippen molar-refractivity contribution in [2.45, 2.75) is 13.3 Å². The Morgan fingerprint density at radius 2 is 2.05 bits per heavy atom. The van der Waals surface area contributed by atoms with Crippen molar-refractivity contribution in [2.24, 2.45) is 0 Å². The van der Waals surface area contributed by atoms with E-state index >= 15 is 0 Å². The molecule has 0 atom stereocenters. The molecule has 0 aliphatic rings. The van der Waals surface area contributed by atoms with Crippen LogP contribution in [0.1, 0.15) is 21.1 Å². The minimum Gasteiger partial charge on any atom is -0.421 e. The van der Waals surface area contributed by atoms with E-state index in [-0.39, 0.29) is 5.91 Å². The summed E-state index contributed by atoms with van der Waals surface area (Å²) in [6, 6.07) is 11.2. The summed E-state index contributed by atoms with van der Waals surface area (Å²) >= 11 is 1.70. The van der Waals surface area contributed by atoms with Gasteiger partial charge in [-0.05, 0) is 42.1 Å². The topological polar surface area (TPSA) is 68.0 Å². The van der Waals surface area contributed by atoms with Crippen LogP contribution in [0.3, 0.4) is 0 Å². The minimum absolute atomic E-state index is 0.0789. The third-order valence-corrected chi connectivity index (χ3v) is 4.09. The Labute approximate surface area is 132 Å². The molecule has 1 amide bonds. The van der Waals surface area contributed by atoms with E-state index in [2.05, 4.69) is 21.6 Å². The van der Waals surface area contributed by atoms with Crippen molar-refractivity contribution in [3.63, 3.8) is 0 Å². The van der Waals surface area contributed by atoms with Crippen LogP contribution in [0.25, 0.3) is 11.5 Å². The number of aromatic nitrogens is 2. The van der Waals surface area contributed by atoms with Crippen molar-refractivity contribution in [1.29, 1.82) is 0 Å². The average Bonchev–Trinajstić information content (AvgIpc) is 3.19. The summed E-state index contributed by atoms with van der Waals surface area (Å²) in [6.45, 7) is 2.37. The van der Waals surface area contributed by atoms with E-state index in [0.29, 0.717) is 23.9 Å². The second-order valence-corrected chi connectivity index (χ2v) is 5.82. The van der Waals surface area contributed by atoms with Gasteiger partial charge in [0, 0.05) is 29.5 Å². The Balaban J connectivity index is 1.58. The van der Waals surface area contributed by atoms with Crippen LogP contribution in [-0.4, -0.2) is 22.6 Å². The maximum atomic E-state index is 12.1. The van der Waals surface area contributed by atoms with Gasteiger partial charge < -0.3 is 9.73 Å². The summed E-state index contributed by atoms with van der Waals surface area (Å²) in [6.07, 6.45) is 0.850. The van der Waals surface area contributed by atoms with Gasteiger partial charge in [-0.25, -0.2) is 0 Å². The number of aryl methyl sites for hydroxylation is 1. The molecule has 3 aromatic rings. The number of nitrogens with zero attached hydrogens (tertiary/aromatic N) is 2. The highest BCUT2D eigenvalue weighted by Gasteiger charge is 2.09. The van der Waals surface area contributed by atoms with Gasteiger partial charge in [0.15, 0.2) is 0 Å². The van der Waals surface area contributed by atoms with E-state index in [9.17, 15) is 4.79 Å². The van der Waals surface area contributed by atoms with Crippen LogP contribution in [0.5, 0.6) is 0 Å². The molecule has 0 aliphatic carbocycles. The minimum atomic E-state index is -0.0789. The maximum Gasteiger partial charge on any atom is 0.251 e. The fourth-order valence-electron chi connectivity index (χ4n) is 2.03. The summed E-state index contributed by atoms with van der Waals surface area (Å²) in [5.41, 5.74) is 1.42. The predicted molar refractivity (Wildman–Crippen MR) is 84.8 cm³/mol. The van der Waals surface area contributed by atoms with Gasteiger partial charge in [0.1, 0.15) is 0 Å². The highest BCUT2D eigenvalue weighted by Crippen LogP contribution is 2.18. The summed E-state index contributed by atoms with van der Waals surface area (Å²) < 4.78 is 5.35. The fourth-order valence-corrected chi connectivity index (χ4v) is 2.74. The van der Waals surface area contributed by atoms with Gasteiger partial charge in [0.25, 0.3) is 5.91 Å². The smallest absolute Gasteiger partial charge is 0.251 e. The number of amides is 1. The lowest BCUT2D eigenvalue weighted by Gasteiger charge is -2.04. The van der Waals surface area contributed by atoms with E-state index < -0.39 is 0 Å². The van der Waals surface area contributed by atoms with Crippen LogP contribution in [0, 0.1) is 6.92 Å². The molecule has 1 aromatic carbocycles. The van der Waals surface area contributed by atoms with E-state index in [1.807, 2.05) is 11.4 Å². The zero-order chi connectivity index (χ0) is 15.4. The van der Waals surface area contributed by atoms with Crippen molar-refractivity contribution in [2.75, 3.05) is 6.54 Å². The van der Waals surface area contributed by atoms with Crippen LogP contribution in [0.15, 0.2) is 46.2 Å². The summed E-state index contributed by atoms with van der Waals surface area (Å²) in [5, 5.41) is 12.7. The predicted octanol–water partition coefficient (Wildman–Crippen LogP) is 3.08. The molecule has 0 fully saturated rings. The summed E-state index contributed by atoms with van der Waals surface area (Å²) in [7, 11) is 0. The molecule has 6 heteroatoms. The standard InChI is InChI=1S/C16H15N3O2S/c1-11-18-19-16(21-11)13-6-4-12(5-7-13)15(20)17-9-8-14-3-2-10-22-14/h2-7,10H,8-9H2,1H3,(H,17,20). The van der Waals surface area contributed by atoms with Crippen molar-refractivity contribution in [3.8, 4) is 11.5 Å². The Hall–Kier alpha value is -2.47. The monoisotopic (exact) mass is 313 g/mol. The molecule has 3 rings (SSSR count). The Bertz CT molecular complexity index is 748.